The summed E-state index contributed by atoms with van der Waals surface area (Å²) < 4.78 is 29.3. The van der Waals surface area contributed by atoms with Crippen LogP contribution in [0.2, 0.25) is 0 Å². The van der Waals surface area contributed by atoms with E-state index >= 15 is 0 Å². The van der Waals surface area contributed by atoms with E-state index in [9.17, 15) is 13.2 Å². The quantitative estimate of drug-likeness (QED) is 0.349. The molecule has 0 radical (unpaired) electrons. The molecule has 1 atom stereocenters. The van der Waals surface area contributed by atoms with Gasteiger partial charge in [0.2, 0.25) is 5.91 Å². The lowest BCUT2D eigenvalue weighted by Gasteiger charge is -2.28. The molecule has 3 heterocycles. The second-order valence-electron chi connectivity index (χ2n) is 8.52. The molecule has 1 fully saturated rings. The standard InChI is InChI=1S/C25H25N3O3S3/c1-17-14-20-22(15-18(17)2)33-25(26-20)27(16-19-8-4-3-5-9-19)24(29)21-10-6-12-28(21)34(30,31)23-11-7-13-32-23/h3-5,7-9,11,13-15,21H,6,10,12,16H2,1-2H3. The largest absolute Gasteiger partial charge is 0.282 e. The third-order valence-electron chi connectivity index (χ3n) is 6.22. The van der Waals surface area contributed by atoms with Gasteiger partial charge in [0.1, 0.15) is 10.3 Å². The molecule has 5 rings (SSSR count). The molecular weight excluding hydrogens is 486 g/mol. The Kier molecular flexibility index (Phi) is 6.28. The molecular formula is C25H25N3O3S3. The van der Waals surface area contributed by atoms with Gasteiger partial charge in [-0.25, -0.2) is 13.4 Å². The fourth-order valence-corrected chi connectivity index (χ4v) is 8.09. The van der Waals surface area contributed by atoms with Gasteiger partial charge in [-0.15, -0.1) is 11.3 Å². The van der Waals surface area contributed by atoms with E-state index in [0.29, 0.717) is 31.1 Å². The number of benzene rings is 2. The van der Waals surface area contributed by atoms with Crippen LogP contribution in [-0.2, 0) is 21.4 Å². The van der Waals surface area contributed by atoms with Gasteiger partial charge in [0.05, 0.1) is 16.8 Å². The Balaban J connectivity index is 1.54. The van der Waals surface area contributed by atoms with E-state index in [4.69, 9.17) is 4.98 Å². The molecule has 6 nitrogen and oxygen atoms in total. The van der Waals surface area contributed by atoms with Crippen molar-refractivity contribution in [1.29, 1.82) is 0 Å². The van der Waals surface area contributed by atoms with Crippen LogP contribution in [0.25, 0.3) is 10.2 Å². The zero-order valence-electron chi connectivity index (χ0n) is 19.0. The first-order valence-electron chi connectivity index (χ1n) is 11.1. The Bertz CT molecular complexity index is 1390. The van der Waals surface area contributed by atoms with Crippen LogP contribution >= 0.6 is 22.7 Å². The average molecular weight is 512 g/mol. The van der Waals surface area contributed by atoms with Crippen LogP contribution in [0.5, 0.6) is 0 Å². The number of sulfonamides is 1. The number of anilines is 1. The van der Waals surface area contributed by atoms with Crippen LogP contribution in [0.3, 0.4) is 0 Å². The lowest BCUT2D eigenvalue weighted by molar-refractivity contribution is -0.121. The van der Waals surface area contributed by atoms with Crippen molar-refractivity contribution in [2.75, 3.05) is 11.4 Å². The van der Waals surface area contributed by atoms with Gasteiger partial charge in [0.25, 0.3) is 10.0 Å². The number of aryl methyl sites for hydroxylation is 2. The van der Waals surface area contributed by atoms with Crippen molar-refractivity contribution < 1.29 is 13.2 Å². The van der Waals surface area contributed by atoms with Crippen LogP contribution < -0.4 is 4.90 Å². The minimum absolute atomic E-state index is 0.228. The van der Waals surface area contributed by atoms with Crippen molar-refractivity contribution in [1.82, 2.24) is 9.29 Å². The zero-order valence-corrected chi connectivity index (χ0v) is 21.4. The van der Waals surface area contributed by atoms with Gasteiger partial charge in [0.15, 0.2) is 5.13 Å². The summed E-state index contributed by atoms with van der Waals surface area (Å²) in [6, 6.07) is 16.5. The van der Waals surface area contributed by atoms with E-state index in [1.807, 2.05) is 43.3 Å². The predicted molar refractivity (Wildman–Crippen MR) is 138 cm³/mol. The molecule has 1 unspecified atom stereocenters. The first-order valence-corrected chi connectivity index (χ1v) is 14.3. The molecule has 9 heteroatoms. The monoisotopic (exact) mass is 511 g/mol. The Morgan fingerprint density at radius 2 is 1.88 bits per heavy atom. The van der Waals surface area contributed by atoms with Gasteiger partial charge >= 0.3 is 0 Å². The van der Waals surface area contributed by atoms with Crippen molar-refractivity contribution in [2.45, 2.75) is 43.5 Å². The number of thiophene rings is 1. The molecule has 4 aromatic rings. The Morgan fingerprint density at radius 1 is 1.12 bits per heavy atom. The van der Waals surface area contributed by atoms with E-state index < -0.39 is 16.1 Å². The van der Waals surface area contributed by atoms with Crippen molar-refractivity contribution >= 4 is 54.0 Å². The number of fused-ring (bicyclic) bond motifs is 1. The molecule has 1 saturated heterocycles. The van der Waals surface area contributed by atoms with Gasteiger partial charge in [-0.2, -0.15) is 4.31 Å². The molecule has 2 aromatic carbocycles. The van der Waals surface area contributed by atoms with Gasteiger partial charge in [-0.3, -0.25) is 9.69 Å². The van der Waals surface area contributed by atoms with Crippen LogP contribution in [0.15, 0.2) is 64.2 Å². The van der Waals surface area contributed by atoms with E-state index in [1.54, 1.807) is 22.4 Å². The third kappa shape index (κ3) is 4.29. The summed E-state index contributed by atoms with van der Waals surface area (Å²) in [5, 5.41) is 2.33. The average Bonchev–Trinajstić information content (AvgIpc) is 3.59. The van der Waals surface area contributed by atoms with Gasteiger partial charge < -0.3 is 0 Å². The van der Waals surface area contributed by atoms with Crippen LogP contribution in [-0.4, -0.2) is 36.2 Å². The first-order chi connectivity index (χ1) is 16.3. The molecule has 0 bridgehead atoms. The maximum Gasteiger partial charge on any atom is 0.253 e. The molecule has 0 spiro atoms. The molecule has 0 saturated carbocycles. The summed E-state index contributed by atoms with van der Waals surface area (Å²) in [5.74, 6) is -0.228. The van der Waals surface area contributed by atoms with Gasteiger partial charge in [-0.05, 0) is 67.0 Å². The molecule has 2 aromatic heterocycles. The smallest absolute Gasteiger partial charge is 0.253 e. The van der Waals surface area contributed by atoms with Crippen LogP contribution in [0, 0.1) is 13.8 Å². The third-order valence-corrected chi connectivity index (χ3v) is 10.5. The van der Waals surface area contributed by atoms with Gasteiger partial charge in [0, 0.05) is 6.54 Å². The number of hydrogen-bond donors (Lipinski definition) is 0. The number of rotatable bonds is 6. The topological polar surface area (TPSA) is 70.6 Å². The number of carbonyl (C=O) groups is 1. The maximum absolute atomic E-state index is 14.0. The van der Waals surface area contributed by atoms with E-state index in [1.165, 1.54) is 32.5 Å². The second kappa shape index (κ2) is 9.22. The normalized spacial score (nSPS) is 16.8. The molecule has 0 N–H and O–H groups in total. The van der Waals surface area contributed by atoms with E-state index in [-0.39, 0.29) is 10.1 Å². The maximum atomic E-state index is 14.0. The Morgan fingerprint density at radius 3 is 2.62 bits per heavy atom. The van der Waals surface area contributed by atoms with Gasteiger partial charge in [-0.1, -0.05) is 47.7 Å². The fraction of sp³-hybridized carbons (Fsp3) is 0.280. The fourth-order valence-electron chi connectivity index (χ4n) is 4.27. The second-order valence-corrected chi connectivity index (χ2v) is 12.6. The molecule has 1 aliphatic rings. The van der Waals surface area contributed by atoms with Crippen LogP contribution in [0.1, 0.15) is 29.5 Å². The highest BCUT2D eigenvalue weighted by molar-refractivity contribution is 7.91. The van der Waals surface area contributed by atoms with E-state index in [2.05, 4.69) is 13.0 Å². The lowest BCUT2D eigenvalue weighted by atomic mass is 10.1. The highest BCUT2D eigenvalue weighted by Gasteiger charge is 2.42. The summed E-state index contributed by atoms with van der Waals surface area (Å²) in [5.41, 5.74) is 4.14. The summed E-state index contributed by atoms with van der Waals surface area (Å²) in [6.45, 7) is 4.79. The molecule has 1 aliphatic heterocycles. The molecule has 0 aliphatic carbocycles. The lowest BCUT2D eigenvalue weighted by Crippen LogP contribution is -2.47. The number of nitrogens with zero attached hydrogens (tertiary/aromatic N) is 3. The highest BCUT2D eigenvalue weighted by atomic mass is 32.2. The Labute approximate surface area is 207 Å². The Hall–Kier alpha value is -2.59. The van der Waals surface area contributed by atoms with Crippen molar-refractivity contribution in [2.24, 2.45) is 0 Å². The minimum atomic E-state index is -3.73. The SMILES string of the molecule is Cc1cc2nc(N(Cc3ccccc3)C(=O)C3CCCN3S(=O)(=O)c3cccs3)sc2cc1C. The van der Waals surface area contributed by atoms with Crippen molar-refractivity contribution in [3.63, 3.8) is 0 Å². The van der Waals surface area contributed by atoms with Crippen molar-refractivity contribution in [3.05, 3.63) is 76.7 Å². The first kappa shape index (κ1) is 23.2. The van der Waals surface area contributed by atoms with Crippen LogP contribution in [0.4, 0.5) is 5.13 Å². The van der Waals surface area contributed by atoms with Crippen molar-refractivity contribution in [3.8, 4) is 0 Å². The minimum Gasteiger partial charge on any atom is -0.282 e. The predicted octanol–water partition coefficient (Wildman–Crippen LogP) is 5.36. The molecule has 176 valence electrons. The number of thiazole rings is 1. The number of aromatic nitrogens is 1. The highest BCUT2D eigenvalue weighted by Crippen LogP contribution is 2.35. The summed E-state index contributed by atoms with van der Waals surface area (Å²) >= 11 is 2.65. The molecule has 34 heavy (non-hydrogen) atoms. The summed E-state index contributed by atoms with van der Waals surface area (Å²) in [6.07, 6.45) is 1.15. The summed E-state index contributed by atoms with van der Waals surface area (Å²) in [4.78, 5) is 20.4. The number of hydrogen-bond acceptors (Lipinski definition) is 6. The molecule has 1 amide bonds. The summed E-state index contributed by atoms with van der Waals surface area (Å²) in [7, 11) is -3.73. The number of carbonyl (C=O) groups excluding carboxylic acids is 1. The van der Waals surface area contributed by atoms with E-state index in [0.717, 1.165) is 21.3 Å². The number of amides is 1. The zero-order chi connectivity index (χ0) is 23.9.